The number of methoxy groups -OCH3 is 1. The van der Waals surface area contributed by atoms with Gasteiger partial charge >= 0.3 is 0 Å². The SMILES string of the molecule is COc1ccc(Cl)c(NCc2ccc([N+](=O)[O-])cc2)c1. The number of benzene rings is 2. The molecule has 0 saturated carbocycles. The molecule has 0 fully saturated rings. The Bertz CT molecular complexity index is 614. The lowest BCUT2D eigenvalue weighted by molar-refractivity contribution is -0.384. The number of rotatable bonds is 5. The minimum atomic E-state index is -0.420. The molecule has 0 saturated heterocycles. The van der Waals surface area contributed by atoms with Crippen LogP contribution in [0, 0.1) is 10.1 Å². The maximum atomic E-state index is 10.6. The second-order valence-electron chi connectivity index (χ2n) is 4.12. The van der Waals surface area contributed by atoms with Crippen LogP contribution in [0.1, 0.15) is 5.56 Å². The standard InChI is InChI=1S/C14H13ClN2O3/c1-20-12-6-7-13(15)14(8-12)16-9-10-2-4-11(5-3-10)17(18)19/h2-8,16H,9H2,1H3. The molecule has 104 valence electrons. The molecular weight excluding hydrogens is 280 g/mol. The van der Waals surface area contributed by atoms with Gasteiger partial charge in [0.2, 0.25) is 0 Å². The molecule has 0 aliphatic heterocycles. The third kappa shape index (κ3) is 3.39. The summed E-state index contributed by atoms with van der Waals surface area (Å²) in [5.41, 5.74) is 1.76. The zero-order valence-corrected chi connectivity index (χ0v) is 11.6. The van der Waals surface area contributed by atoms with Gasteiger partial charge in [0.1, 0.15) is 5.75 Å². The lowest BCUT2D eigenvalue weighted by Gasteiger charge is -2.10. The fourth-order valence-electron chi connectivity index (χ4n) is 1.70. The largest absolute Gasteiger partial charge is 0.497 e. The van der Waals surface area contributed by atoms with E-state index in [-0.39, 0.29) is 5.69 Å². The van der Waals surface area contributed by atoms with Gasteiger partial charge in [-0.2, -0.15) is 0 Å². The minimum Gasteiger partial charge on any atom is -0.497 e. The quantitative estimate of drug-likeness (QED) is 0.671. The minimum absolute atomic E-state index is 0.0770. The summed E-state index contributed by atoms with van der Waals surface area (Å²) in [5.74, 6) is 0.709. The Morgan fingerprint density at radius 1 is 1.25 bits per heavy atom. The average molecular weight is 293 g/mol. The van der Waals surface area contributed by atoms with E-state index in [0.717, 1.165) is 11.3 Å². The van der Waals surface area contributed by atoms with Crippen LogP contribution in [0.2, 0.25) is 5.02 Å². The number of ether oxygens (including phenoxy) is 1. The van der Waals surface area contributed by atoms with Gasteiger partial charge in [-0.15, -0.1) is 0 Å². The molecule has 0 bridgehead atoms. The Morgan fingerprint density at radius 2 is 1.95 bits per heavy atom. The van der Waals surface area contributed by atoms with Gasteiger partial charge < -0.3 is 10.1 Å². The van der Waals surface area contributed by atoms with Gasteiger partial charge in [0, 0.05) is 24.7 Å². The molecule has 2 aromatic rings. The van der Waals surface area contributed by atoms with Crippen LogP contribution in [-0.2, 0) is 6.54 Å². The first kappa shape index (κ1) is 14.1. The van der Waals surface area contributed by atoms with E-state index in [0.29, 0.717) is 17.3 Å². The van der Waals surface area contributed by atoms with E-state index in [1.807, 2.05) is 0 Å². The first-order valence-corrected chi connectivity index (χ1v) is 6.28. The number of nitro groups is 1. The highest BCUT2D eigenvalue weighted by Crippen LogP contribution is 2.27. The lowest BCUT2D eigenvalue weighted by Crippen LogP contribution is -2.00. The van der Waals surface area contributed by atoms with Crippen molar-refractivity contribution in [3.63, 3.8) is 0 Å². The Hall–Kier alpha value is -2.27. The second-order valence-corrected chi connectivity index (χ2v) is 4.53. The fourth-order valence-corrected chi connectivity index (χ4v) is 1.88. The zero-order valence-electron chi connectivity index (χ0n) is 10.8. The number of hydrogen-bond acceptors (Lipinski definition) is 4. The fraction of sp³-hybridized carbons (Fsp3) is 0.143. The number of halogens is 1. The molecule has 0 atom stereocenters. The van der Waals surface area contributed by atoms with Crippen LogP contribution in [0.4, 0.5) is 11.4 Å². The molecule has 2 rings (SSSR count). The highest BCUT2D eigenvalue weighted by atomic mass is 35.5. The Kier molecular flexibility index (Phi) is 4.42. The molecule has 2 aromatic carbocycles. The number of hydrogen-bond donors (Lipinski definition) is 1. The maximum absolute atomic E-state index is 10.6. The average Bonchev–Trinajstić information content (AvgIpc) is 2.47. The van der Waals surface area contributed by atoms with Gasteiger partial charge in [0.25, 0.3) is 5.69 Å². The molecule has 6 heteroatoms. The van der Waals surface area contributed by atoms with Crippen molar-refractivity contribution >= 4 is 23.0 Å². The molecule has 0 heterocycles. The predicted octanol–water partition coefficient (Wildman–Crippen LogP) is 3.87. The highest BCUT2D eigenvalue weighted by molar-refractivity contribution is 6.33. The number of nitrogens with one attached hydrogen (secondary N) is 1. The molecule has 20 heavy (non-hydrogen) atoms. The van der Waals surface area contributed by atoms with Crippen molar-refractivity contribution in [2.24, 2.45) is 0 Å². The second kappa shape index (κ2) is 6.25. The van der Waals surface area contributed by atoms with Crippen LogP contribution < -0.4 is 10.1 Å². The van der Waals surface area contributed by atoms with Crippen LogP contribution in [0.15, 0.2) is 42.5 Å². The van der Waals surface area contributed by atoms with Gasteiger partial charge in [-0.1, -0.05) is 23.7 Å². The van der Waals surface area contributed by atoms with E-state index < -0.39 is 4.92 Å². The zero-order chi connectivity index (χ0) is 14.5. The van der Waals surface area contributed by atoms with E-state index in [1.54, 1.807) is 37.4 Å². The van der Waals surface area contributed by atoms with E-state index >= 15 is 0 Å². The highest BCUT2D eigenvalue weighted by Gasteiger charge is 2.05. The molecule has 0 radical (unpaired) electrons. The number of non-ortho nitro benzene ring substituents is 1. The van der Waals surface area contributed by atoms with Gasteiger partial charge in [-0.25, -0.2) is 0 Å². The maximum Gasteiger partial charge on any atom is 0.269 e. The van der Waals surface area contributed by atoms with E-state index in [4.69, 9.17) is 16.3 Å². The summed E-state index contributed by atoms with van der Waals surface area (Å²) in [6, 6.07) is 11.7. The number of anilines is 1. The number of nitro benzene ring substituents is 1. The Labute approximate surface area is 121 Å². The summed E-state index contributed by atoms with van der Waals surface area (Å²) in [6.45, 7) is 0.519. The molecule has 5 nitrogen and oxygen atoms in total. The summed E-state index contributed by atoms with van der Waals surface area (Å²) in [5, 5.41) is 14.3. The van der Waals surface area contributed by atoms with Gasteiger partial charge in [-0.3, -0.25) is 10.1 Å². The predicted molar refractivity (Wildman–Crippen MR) is 78.4 cm³/mol. The summed E-state index contributed by atoms with van der Waals surface area (Å²) in [4.78, 5) is 10.1. The monoisotopic (exact) mass is 292 g/mol. The van der Waals surface area contributed by atoms with E-state index in [9.17, 15) is 10.1 Å². The number of nitrogens with zero attached hydrogens (tertiary/aromatic N) is 1. The molecule has 0 amide bonds. The topological polar surface area (TPSA) is 64.4 Å². The van der Waals surface area contributed by atoms with Crippen LogP contribution in [0.3, 0.4) is 0 Å². The smallest absolute Gasteiger partial charge is 0.269 e. The van der Waals surface area contributed by atoms with Crippen molar-refractivity contribution in [3.05, 3.63) is 63.2 Å². The van der Waals surface area contributed by atoms with E-state index in [1.165, 1.54) is 12.1 Å². The first-order valence-electron chi connectivity index (χ1n) is 5.91. The third-order valence-electron chi connectivity index (χ3n) is 2.80. The van der Waals surface area contributed by atoms with Crippen molar-refractivity contribution < 1.29 is 9.66 Å². The first-order chi connectivity index (χ1) is 9.60. The normalized spacial score (nSPS) is 10.1. The van der Waals surface area contributed by atoms with Crippen molar-refractivity contribution in [1.29, 1.82) is 0 Å². The van der Waals surface area contributed by atoms with Gasteiger partial charge in [-0.05, 0) is 17.7 Å². The van der Waals surface area contributed by atoms with Crippen LogP contribution >= 0.6 is 11.6 Å². The summed E-state index contributed by atoms with van der Waals surface area (Å²) in [6.07, 6.45) is 0. The van der Waals surface area contributed by atoms with Crippen LogP contribution in [0.25, 0.3) is 0 Å². The summed E-state index contributed by atoms with van der Waals surface area (Å²) < 4.78 is 5.13. The Morgan fingerprint density at radius 3 is 2.55 bits per heavy atom. The molecule has 0 spiro atoms. The van der Waals surface area contributed by atoms with E-state index in [2.05, 4.69) is 5.32 Å². The molecule has 0 aliphatic carbocycles. The third-order valence-corrected chi connectivity index (χ3v) is 3.13. The van der Waals surface area contributed by atoms with Crippen LogP contribution in [0.5, 0.6) is 5.75 Å². The lowest BCUT2D eigenvalue weighted by atomic mass is 10.2. The van der Waals surface area contributed by atoms with Gasteiger partial charge in [0.05, 0.1) is 22.7 Å². The van der Waals surface area contributed by atoms with Crippen LogP contribution in [-0.4, -0.2) is 12.0 Å². The van der Waals surface area contributed by atoms with Crippen molar-refractivity contribution in [3.8, 4) is 5.75 Å². The molecule has 0 aromatic heterocycles. The molecule has 0 aliphatic rings. The van der Waals surface area contributed by atoms with Crippen molar-refractivity contribution in [2.75, 3.05) is 12.4 Å². The van der Waals surface area contributed by atoms with Crippen molar-refractivity contribution in [1.82, 2.24) is 0 Å². The summed E-state index contributed by atoms with van der Waals surface area (Å²) in [7, 11) is 1.59. The van der Waals surface area contributed by atoms with Crippen molar-refractivity contribution in [2.45, 2.75) is 6.54 Å². The Balaban J connectivity index is 2.06. The van der Waals surface area contributed by atoms with Gasteiger partial charge in [0.15, 0.2) is 0 Å². The molecule has 1 N–H and O–H groups in total. The molecule has 0 unspecified atom stereocenters. The molecular formula is C14H13ClN2O3. The summed E-state index contributed by atoms with van der Waals surface area (Å²) >= 11 is 6.08.